The molecule has 2 rings (SSSR count). The topological polar surface area (TPSA) is 76.4 Å². The predicted molar refractivity (Wildman–Crippen MR) is 65.2 cm³/mol. The molecule has 21 heavy (non-hydrogen) atoms. The second-order valence-corrected chi connectivity index (χ2v) is 4.18. The Bertz CT molecular complexity index is 678. The Hall–Kier alpha value is -2.58. The van der Waals surface area contributed by atoms with E-state index in [4.69, 9.17) is 10.9 Å². The van der Waals surface area contributed by atoms with Crippen LogP contribution < -0.4 is 5.73 Å². The molecule has 2 aromatic rings. The Balaban J connectivity index is 2.34. The molecule has 1 aromatic heterocycles. The number of nitrogens with two attached hydrogens (primary N) is 1. The van der Waals surface area contributed by atoms with Gasteiger partial charge in [0.25, 0.3) is 0 Å². The Morgan fingerprint density at radius 1 is 1.33 bits per heavy atom. The Morgan fingerprint density at radius 3 is 2.62 bits per heavy atom. The minimum Gasteiger partial charge on any atom is -0.409 e. The van der Waals surface area contributed by atoms with E-state index in [1.165, 1.54) is 6.07 Å². The minimum atomic E-state index is -4.54. The van der Waals surface area contributed by atoms with Crippen LogP contribution in [0.5, 0.6) is 0 Å². The Labute approximate surface area is 116 Å². The molecule has 0 radical (unpaired) electrons. The summed E-state index contributed by atoms with van der Waals surface area (Å²) in [6.45, 7) is -0.0814. The first-order valence-corrected chi connectivity index (χ1v) is 5.68. The number of aromatic nitrogens is 2. The van der Waals surface area contributed by atoms with E-state index in [9.17, 15) is 17.6 Å². The van der Waals surface area contributed by atoms with Gasteiger partial charge in [0.15, 0.2) is 11.5 Å². The Morgan fingerprint density at radius 2 is 2.05 bits per heavy atom. The summed E-state index contributed by atoms with van der Waals surface area (Å²) < 4.78 is 51.6. The molecule has 5 nitrogen and oxygen atoms in total. The van der Waals surface area contributed by atoms with Crippen LogP contribution in [-0.4, -0.2) is 20.8 Å². The van der Waals surface area contributed by atoms with Gasteiger partial charge in [-0.05, 0) is 23.8 Å². The van der Waals surface area contributed by atoms with E-state index in [0.717, 1.165) is 29.1 Å². The molecule has 0 aliphatic rings. The molecule has 0 saturated heterocycles. The third-order valence-electron chi connectivity index (χ3n) is 2.72. The number of oxime groups is 1. The lowest BCUT2D eigenvalue weighted by molar-refractivity contribution is -0.141. The van der Waals surface area contributed by atoms with Crippen molar-refractivity contribution in [1.29, 1.82) is 0 Å². The average molecular weight is 302 g/mol. The molecule has 0 saturated carbocycles. The van der Waals surface area contributed by atoms with Crippen LogP contribution in [0.3, 0.4) is 0 Å². The van der Waals surface area contributed by atoms with Gasteiger partial charge < -0.3 is 10.9 Å². The first kappa shape index (κ1) is 14.8. The lowest BCUT2D eigenvalue weighted by Crippen LogP contribution is -2.17. The van der Waals surface area contributed by atoms with Gasteiger partial charge in [0, 0.05) is 11.8 Å². The van der Waals surface area contributed by atoms with Gasteiger partial charge in [0.2, 0.25) is 0 Å². The fourth-order valence-corrected chi connectivity index (χ4v) is 1.75. The first-order chi connectivity index (χ1) is 9.81. The monoisotopic (exact) mass is 302 g/mol. The highest BCUT2D eigenvalue weighted by atomic mass is 19.4. The molecular weight excluding hydrogens is 292 g/mol. The number of amidine groups is 1. The lowest BCUT2D eigenvalue weighted by atomic mass is 10.1. The molecule has 1 heterocycles. The summed E-state index contributed by atoms with van der Waals surface area (Å²) in [5.41, 5.74) is 4.83. The maximum Gasteiger partial charge on any atom is 0.435 e. The van der Waals surface area contributed by atoms with Crippen molar-refractivity contribution in [1.82, 2.24) is 9.78 Å². The van der Waals surface area contributed by atoms with E-state index in [2.05, 4.69) is 10.3 Å². The quantitative estimate of drug-likeness (QED) is 0.300. The van der Waals surface area contributed by atoms with E-state index < -0.39 is 17.7 Å². The van der Waals surface area contributed by atoms with Crippen molar-refractivity contribution in [2.24, 2.45) is 10.9 Å². The van der Waals surface area contributed by atoms with Crippen LogP contribution in [0.2, 0.25) is 0 Å². The maximum atomic E-state index is 13.2. The first-order valence-electron chi connectivity index (χ1n) is 5.68. The van der Waals surface area contributed by atoms with Gasteiger partial charge in [-0.25, -0.2) is 4.39 Å². The summed E-state index contributed by atoms with van der Waals surface area (Å²) in [6, 6.07) is 4.31. The third-order valence-corrected chi connectivity index (χ3v) is 2.72. The number of rotatable bonds is 3. The molecule has 3 N–H and O–H groups in total. The summed E-state index contributed by atoms with van der Waals surface area (Å²) >= 11 is 0. The molecule has 0 atom stereocenters. The van der Waals surface area contributed by atoms with Gasteiger partial charge in [-0.1, -0.05) is 11.2 Å². The van der Waals surface area contributed by atoms with Crippen molar-refractivity contribution in [3.05, 3.63) is 53.1 Å². The van der Waals surface area contributed by atoms with Gasteiger partial charge >= 0.3 is 6.18 Å². The van der Waals surface area contributed by atoms with Crippen molar-refractivity contribution in [3.8, 4) is 0 Å². The number of nitrogens with zero attached hydrogens (tertiary/aromatic N) is 3. The molecule has 0 aliphatic carbocycles. The van der Waals surface area contributed by atoms with Crippen LogP contribution in [-0.2, 0) is 12.7 Å². The zero-order valence-corrected chi connectivity index (χ0v) is 10.5. The smallest absolute Gasteiger partial charge is 0.409 e. The maximum absolute atomic E-state index is 13.2. The van der Waals surface area contributed by atoms with Crippen molar-refractivity contribution >= 4 is 5.84 Å². The highest BCUT2D eigenvalue weighted by molar-refractivity contribution is 5.98. The number of hydrogen-bond donors (Lipinski definition) is 2. The van der Waals surface area contributed by atoms with Crippen molar-refractivity contribution in [2.45, 2.75) is 12.7 Å². The Kier molecular flexibility index (Phi) is 3.83. The number of benzene rings is 1. The van der Waals surface area contributed by atoms with Gasteiger partial charge in [-0.3, -0.25) is 4.68 Å². The van der Waals surface area contributed by atoms with Crippen molar-refractivity contribution < 1.29 is 22.8 Å². The number of alkyl halides is 3. The highest BCUT2D eigenvalue weighted by Crippen LogP contribution is 2.27. The van der Waals surface area contributed by atoms with E-state index in [1.54, 1.807) is 0 Å². The number of halogens is 4. The summed E-state index contributed by atoms with van der Waals surface area (Å²) in [6.07, 6.45) is -3.40. The van der Waals surface area contributed by atoms with Crippen LogP contribution in [0.25, 0.3) is 0 Å². The summed E-state index contributed by atoms with van der Waals surface area (Å²) in [7, 11) is 0. The molecule has 112 valence electrons. The normalized spacial score (nSPS) is 12.7. The largest absolute Gasteiger partial charge is 0.435 e. The van der Waals surface area contributed by atoms with E-state index in [0.29, 0.717) is 5.56 Å². The zero-order valence-electron chi connectivity index (χ0n) is 10.5. The van der Waals surface area contributed by atoms with Crippen molar-refractivity contribution in [3.63, 3.8) is 0 Å². The van der Waals surface area contributed by atoms with Crippen LogP contribution in [0.1, 0.15) is 16.8 Å². The minimum absolute atomic E-state index is 0.0814. The molecule has 9 heteroatoms. The fourth-order valence-electron chi connectivity index (χ4n) is 1.75. The predicted octanol–water partition coefficient (Wildman–Crippen LogP) is 2.18. The van der Waals surface area contributed by atoms with Crippen LogP contribution in [0.4, 0.5) is 17.6 Å². The number of hydrogen-bond acceptors (Lipinski definition) is 3. The molecule has 0 unspecified atom stereocenters. The molecule has 0 fully saturated rings. The van der Waals surface area contributed by atoms with Crippen LogP contribution >= 0.6 is 0 Å². The molecule has 0 aliphatic heterocycles. The highest BCUT2D eigenvalue weighted by Gasteiger charge is 2.33. The van der Waals surface area contributed by atoms with Gasteiger partial charge in [-0.15, -0.1) is 0 Å². The van der Waals surface area contributed by atoms with Crippen LogP contribution in [0, 0.1) is 5.82 Å². The summed E-state index contributed by atoms with van der Waals surface area (Å²) in [5.74, 6) is -0.954. The second-order valence-electron chi connectivity index (χ2n) is 4.18. The standard InChI is InChI=1S/C12H10F4N4O/c13-8-2-1-7(9(5-8)11(17)19-21)6-20-4-3-10(18-20)12(14,15)16/h1-5,21H,6H2,(H2,17,19). The molecule has 0 bridgehead atoms. The molecular formula is C12H10F4N4O. The average Bonchev–Trinajstić information content (AvgIpc) is 2.88. The third kappa shape index (κ3) is 3.30. The zero-order chi connectivity index (χ0) is 15.6. The van der Waals surface area contributed by atoms with E-state index >= 15 is 0 Å². The van der Waals surface area contributed by atoms with E-state index in [-0.39, 0.29) is 17.9 Å². The van der Waals surface area contributed by atoms with Gasteiger partial charge in [0.1, 0.15) is 5.82 Å². The van der Waals surface area contributed by atoms with Crippen LogP contribution in [0.15, 0.2) is 35.6 Å². The fraction of sp³-hybridized carbons (Fsp3) is 0.167. The van der Waals surface area contributed by atoms with Crippen molar-refractivity contribution in [2.75, 3.05) is 0 Å². The lowest BCUT2D eigenvalue weighted by Gasteiger charge is -2.09. The molecule has 0 amide bonds. The molecule has 0 spiro atoms. The van der Waals surface area contributed by atoms with Gasteiger partial charge in [-0.2, -0.15) is 18.3 Å². The summed E-state index contributed by atoms with van der Waals surface area (Å²) in [5, 5.41) is 14.8. The van der Waals surface area contributed by atoms with Gasteiger partial charge in [0.05, 0.1) is 6.54 Å². The summed E-state index contributed by atoms with van der Waals surface area (Å²) in [4.78, 5) is 0. The SMILES string of the molecule is NC(=NO)c1cc(F)ccc1Cn1ccc(C(F)(F)F)n1. The second kappa shape index (κ2) is 5.43. The molecule has 1 aromatic carbocycles. The van der Waals surface area contributed by atoms with E-state index in [1.807, 2.05) is 0 Å².